The molecule has 3 aromatic rings. The lowest BCUT2D eigenvalue weighted by Gasteiger charge is -2.54. The largest absolute Gasteiger partial charge is 0.502 e. The lowest BCUT2D eigenvalue weighted by atomic mass is 9.78. The zero-order valence-electron chi connectivity index (χ0n) is 19.7. The lowest BCUT2D eigenvalue weighted by molar-refractivity contribution is -0.127. The molecule has 3 aliphatic heterocycles. The van der Waals surface area contributed by atoms with E-state index in [1.807, 2.05) is 12.1 Å². The van der Waals surface area contributed by atoms with E-state index in [0.717, 1.165) is 39.4 Å². The first-order valence-electron chi connectivity index (χ1n) is 11.5. The van der Waals surface area contributed by atoms with Gasteiger partial charge in [-0.1, -0.05) is 0 Å². The number of hydrogen-bond acceptors (Lipinski definition) is 11. The van der Waals surface area contributed by atoms with Crippen molar-refractivity contribution in [3.8, 4) is 40.2 Å². The van der Waals surface area contributed by atoms with Gasteiger partial charge in [0.2, 0.25) is 23.5 Å². The Bertz CT molecular complexity index is 1200. The van der Waals surface area contributed by atoms with Gasteiger partial charge in [-0.05, 0) is 24.3 Å². The highest BCUT2D eigenvalue weighted by molar-refractivity contribution is 5.69. The minimum absolute atomic E-state index is 0.0630. The normalized spacial score (nSPS) is 18.8. The van der Waals surface area contributed by atoms with Crippen LogP contribution in [0.4, 0.5) is 11.9 Å². The molecule has 6 rings (SSSR count). The highest BCUT2D eigenvalue weighted by Gasteiger charge is 2.50. The van der Waals surface area contributed by atoms with Crippen LogP contribution in [0, 0.1) is 5.41 Å². The number of ether oxygens (including phenoxy) is 4. The van der Waals surface area contributed by atoms with E-state index in [2.05, 4.69) is 9.80 Å². The average Bonchev–Trinajstić information content (AvgIpc) is 3.33. The fraction of sp³-hybridized carbons (Fsp3) is 0.458. The van der Waals surface area contributed by atoms with Crippen LogP contribution in [0.5, 0.6) is 17.2 Å². The predicted octanol–water partition coefficient (Wildman–Crippen LogP) is 2.19. The molecule has 3 fully saturated rings. The van der Waals surface area contributed by atoms with Crippen LogP contribution >= 0.6 is 0 Å². The number of benzene rings is 1. The molecule has 2 aromatic heterocycles. The van der Waals surface area contributed by atoms with Crippen LogP contribution in [-0.2, 0) is 9.47 Å². The molecule has 0 bridgehead atoms. The van der Waals surface area contributed by atoms with Gasteiger partial charge in [-0.15, -0.1) is 0 Å². The topological polar surface area (TPSA) is 115 Å². The second kappa shape index (κ2) is 8.58. The molecule has 0 atom stereocenters. The van der Waals surface area contributed by atoms with E-state index in [1.54, 1.807) is 12.1 Å². The molecule has 184 valence electrons. The number of phenolic OH excluding ortho intramolecular Hbond substituents is 1. The standard InChI is InChI=1S/C24H27N5O6/c1-31-18-9-15(10-19(32-2)20(18)30)16-3-4-17(35-16)21-25-22(28-5-7-33-8-6-28)27-23(26-21)29-11-24(12-29)13-34-14-24/h3-4,9-10,30H,5-8,11-14H2,1-2H3. The van der Waals surface area contributed by atoms with E-state index in [4.69, 9.17) is 38.3 Å². The predicted molar refractivity (Wildman–Crippen MR) is 126 cm³/mol. The van der Waals surface area contributed by atoms with E-state index < -0.39 is 0 Å². The third-order valence-electron chi connectivity index (χ3n) is 6.65. The van der Waals surface area contributed by atoms with Crippen LogP contribution in [0.3, 0.4) is 0 Å². The van der Waals surface area contributed by atoms with Gasteiger partial charge < -0.3 is 38.3 Å². The molecular weight excluding hydrogens is 454 g/mol. The first-order chi connectivity index (χ1) is 17.1. The summed E-state index contributed by atoms with van der Waals surface area (Å²) in [4.78, 5) is 18.5. The zero-order valence-corrected chi connectivity index (χ0v) is 19.7. The van der Waals surface area contributed by atoms with Crippen molar-refractivity contribution in [1.82, 2.24) is 15.0 Å². The molecule has 11 heteroatoms. The van der Waals surface area contributed by atoms with Gasteiger partial charge in [-0.2, -0.15) is 15.0 Å². The molecule has 0 radical (unpaired) electrons. The highest BCUT2D eigenvalue weighted by Crippen LogP contribution is 2.42. The van der Waals surface area contributed by atoms with Crippen molar-refractivity contribution in [2.75, 3.05) is 76.6 Å². The summed E-state index contributed by atoms with van der Waals surface area (Å²) in [7, 11) is 2.97. The third kappa shape index (κ3) is 3.90. The van der Waals surface area contributed by atoms with E-state index in [0.29, 0.717) is 59.5 Å². The molecule has 0 unspecified atom stereocenters. The number of phenols is 1. The smallest absolute Gasteiger partial charge is 0.230 e. The van der Waals surface area contributed by atoms with Crippen LogP contribution in [0.1, 0.15) is 0 Å². The molecular formula is C24H27N5O6. The van der Waals surface area contributed by atoms with Crippen molar-refractivity contribution in [3.63, 3.8) is 0 Å². The van der Waals surface area contributed by atoms with Crippen molar-refractivity contribution in [2.45, 2.75) is 0 Å². The summed E-state index contributed by atoms with van der Waals surface area (Å²) in [5, 5.41) is 10.2. The van der Waals surface area contributed by atoms with Gasteiger partial charge in [0.1, 0.15) is 5.76 Å². The number of nitrogens with zero attached hydrogens (tertiary/aromatic N) is 5. The van der Waals surface area contributed by atoms with Crippen molar-refractivity contribution < 1.29 is 28.5 Å². The zero-order chi connectivity index (χ0) is 24.0. The van der Waals surface area contributed by atoms with E-state index in [1.165, 1.54) is 14.2 Å². The van der Waals surface area contributed by atoms with Gasteiger partial charge in [0, 0.05) is 31.7 Å². The number of hydrogen-bond donors (Lipinski definition) is 1. The van der Waals surface area contributed by atoms with Crippen molar-refractivity contribution in [3.05, 3.63) is 24.3 Å². The fourth-order valence-corrected chi connectivity index (χ4v) is 4.64. The van der Waals surface area contributed by atoms with Gasteiger partial charge in [0.05, 0.1) is 46.1 Å². The minimum atomic E-state index is -0.0630. The van der Waals surface area contributed by atoms with Crippen LogP contribution in [0.15, 0.2) is 28.7 Å². The van der Waals surface area contributed by atoms with Crippen LogP contribution in [-0.4, -0.2) is 86.9 Å². The summed E-state index contributed by atoms with van der Waals surface area (Å²) < 4.78 is 27.6. The number of methoxy groups -OCH3 is 2. The molecule has 35 heavy (non-hydrogen) atoms. The van der Waals surface area contributed by atoms with E-state index in [9.17, 15) is 5.11 Å². The molecule has 0 aliphatic carbocycles. The summed E-state index contributed by atoms with van der Waals surface area (Å²) in [5.41, 5.74) is 0.931. The van der Waals surface area contributed by atoms with E-state index in [-0.39, 0.29) is 11.2 Å². The number of aromatic hydroxyl groups is 1. The Morgan fingerprint density at radius 3 is 2.09 bits per heavy atom. The summed E-state index contributed by atoms with van der Waals surface area (Å²) in [6.45, 7) is 6.03. The SMILES string of the molecule is COc1cc(-c2ccc(-c3nc(N4CCOCC4)nc(N4CC5(COC5)C4)n3)o2)cc(OC)c1O. The Morgan fingerprint density at radius 2 is 1.49 bits per heavy atom. The minimum Gasteiger partial charge on any atom is -0.502 e. The fourth-order valence-electron chi connectivity index (χ4n) is 4.64. The molecule has 3 aliphatic rings. The maximum absolute atomic E-state index is 10.2. The Labute approximate surface area is 202 Å². The van der Waals surface area contributed by atoms with Gasteiger partial charge in [0.15, 0.2) is 17.3 Å². The van der Waals surface area contributed by atoms with Crippen LogP contribution in [0.2, 0.25) is 0 Å². The summed E-state index contributed by atoms with van der Waals surface area (Å²) in [6.07, 6.45) is 0. The molecule has 0 saturated carbocycles. The monoisotopic (exact) mass is 481 g/mol. The van der Waals surface area contributed by atoms with Crippen molar-refractivity contribution >= 4 is 11.9 Å². The van der Waals surface area contributed by atoms with Crippen LogP contribution < -0.4 is 19.3 Å². The van der Waals surface area contributed by atoms with Crippen molar-refractivity contribution in [1.29, 1.82) is 0 Å². The molecule has 0 amide bonds. The Morgan fingerprint density at radius 1 is 0.857 bits per heavy atom. The van der Waals surface area contributed by atoms with Crippen LogP contribution in [0.25, 0.3) is 22.9 Å². The number of rotatable bonds is 6. The van der Waals surface area contributed by atoms with E-state index >= 15 is 0 Å². The van der Waals surface area contributed by atoms with Gasteiger partial charge in [-0.3, -0.25) is 0 Å². The lowest BCUT2D eigenvalue weighted by Crippen LogP contribution is -2.66. The number of furan rings is 1. The van der Waals surface area contributed by atoms with Gasteiger partial charge >= 0.3 is 0 Å². The first kappa shape index (κ1) is 21.9. The maximum atomic E-state index is 10.2. The van der Waals surface area contributed by atoms with Gasteiger partial charge in [-0.25, -0.2) is 0 Å². The van der Waals surface area contributed by atoms with Gasteiger partial charge in [0.25, 0.3) is 0 Å². The average molecular weight is 482 g/mol. The van der Waals surface area contributed by atoms with Crippen molar-refractivity contribution in [2.24, 2.45) is 5.41 Å². The summed E-state index contributed by atoms with van der Waals surface area (Å²) in [6, 6.07) is 7.06. The molecule has 11 nitrogen and oxygen atoms in total. The summed E-state index contributed by atoms with van der Waals surface area (Å²) in [5.74, 6) is 3.33. The second-order valence-electron chi connectivity index (χ2n) is 9.10. The third-order valence-corrected chi connectivity index (χ3v) is 6.65. The molecule has 3 saturated heterocycles. The summed E-state index contributed by atoms with van der Waals surface area (Å²) >= 11 is 0. The molecule has 1 N–H and O–H groups in total. The Balaban J connectivity index is 1.35. The molecule has 1 aromatic carbocycles. The number of anilines is 2. The second-order valence-corrected chi connectivity index (χ2v) is 9.10. The Hall–Kier alpha value is -3.57. The maximum Gasteiger partial charge on any atom is 0.230 e. The number of morpholine rings is 1. The highest BCUT2D eigenvalue weighted by atomic mass is 16.5. The molecule has 1 spiro atoms. The first-order valence-corrected chi connectivity index (χ1v) is 11.5. The molecule has 5 heterocycles. The Kier molecular flexibility index (Phi) is 5.37. The number of aromatic nitrogens is 3. The quantitative estimate of drug-likeness (QED) is 0.559.